The van der Waals surface area contributed by atoms with Gasteiger partial charge in [0.15, 0.2) is 0 Å². The monoisotopic (exact) mass is 262 g/mol. The number of nitrogens with zero attached hydrogens (tertiary/aromatic N) is 1. The molecule has 0 saturated carbocycles. The lowest BCUT2D eigenvalue weighted by atomic mass is 10.00. The lowest BCUT2D eigenvalue weighted by Gasteiger charge is -2.10. The Kier molecular flexibility index (Phi) is 6.06. The van der Waals surface area contributed by atoms with Crippen LogP contribution in [0.2, 0.25) is 0 Å². The summed E-state index contributed by atoms with van der Waals surface area (Å²) in [5.41, 5.74) is 1.23. The zero-order valence-electron chi connectivity index (χ0n) is 11.4. The molecule has 1 rings (SSSR count). The molecule has 1 aromatic carbocycles. The van der Waals surface area contributed by atoms with E-state index in [2.05, 4.69) is 6.92 Å². The Morgan fingerprint density at radius 2 is 2.16 bits per heavy atom. The number of phenols is 1. The number of unbranched alkanes of at least 4 members (excludes halogenated alkanes) is 2. The average molecular weight is 262 g/mol. The highest BCUT2D eigenvalue weighted by Gasteiger charge is 2.22. The minimum absolute atomic E-state index is 0.137. The van der Waals surface area contributed by atoms with Gasteiger partial charge in [-0.05, 0) is 25.5 Å². The van der Waals surface area contributed by atoms with E-state index in [1.807, 2.05) is 0 Å². The Bertz CT molecular complexity index is 454. The molecule has 1 aromatic rings. The second kappa shape index (κ2) is 7.56. The first-order valence-corrected chi connectivity index (χ1v) is 6.49. The van der Waals surface area contributed by atoms with Crippen LogP contribution in [-0.2, 0) is 0 Å². The number of para-hydroxylation sites is 1. The summed E-state index contributed by atoms with van der Waals surface area (Å²) in [4.78, 5) is 10.8. The molecule has 19 heavy (non-hydrogen) atoms. The van der Waals surface area contributed by atoms with E-state index in [0.717, 1.165) is 19.3 Å². The molecule has 1 radical (unpaired) electrons. The van der Waals surface area contributed by atoms with Crippen LogP contribution >= 0.6 is 0 Å². The van der Waals surface area contributed by atoms with E-state index < -0.39 is 6.04 Å². The number of hydrogen-bond acceptors (Lipinski definition) is 3. The number of benzene rings is 1. The lowest BCUT2D eigenvalue weighted by molar-refractivity contribution is -0.503. The van der Waals surface area contributed by atoms with E-state index in [-0.39, 0.29) is 10.7 Å². The zero-order valence-corrected chi connectivity index (χ0v) is 11.4. The van der Waals surface area contributed by atoms with Crippen molar-refractivity contribution in [3.8, 4) is 5.75 Å². The van der Waals surface area contributed by atoms with Crippen molar-refractivity contribution in [3.63, 3.8) is 0 Å². The minimum atomic E-state index is -0.786. The van der Waals surface area contributed by atoms with Crippen LogP contribution in [0.1, 0.15) is 38.7 Å². The molecular weight excluding hydrogens is 242 g/mol. The van der Waals surface area contributed by atoms with Crippen molar-refractivity contribution in [2.45, 2.75) is 39.2 Å². The summed E-state index contributed by atoms with van der Waals surface area (Å²) in [5.74, 6) is 0.137. The maximum Gasteiger partial charge on any atom is 0.237 e. The van der Waals surface area contributed by atoms with Crippen LogP contribution in [0.4, 0.5) is 0 Å². The predicted molar refractivity (Wildman–Crippen MR) is 76.4 cm³/mol. The van der Waals surface area contributed by atoms with Crippen LogP contribution in [0.5, 0.6) is 5.75 Å². The van der Waals surface area contributed by atoms with Gasteiger partial charge in [-0.25, -0.2) is 0 Å². The molecule has 0 bridgehead atoms. The van der Waals surface area contributed by atoms with E-state index in [1.54, 1.807) is 43.7 Å². The van der Waals surface area contributed by atoms with Gasteiger partial charge in [0.05, 0.1) is 0 Å². The molecule has 0 saturated heterocycles. The number of phenolic OH excluding ortho intramolecular Hbond substituents is 1. The quantitative estimate of drug-likeness (QED) is 0.461. The Hall–Kier alpha value is -1.84. The standard InChI is InChI=1S/C15H20NO3/c1-3-4-5-9-14(16(18)19)12(2)11-13-8-6-7-10-15(13)17/h6-11,14,17H,3-5H2,1-2H3. The summed E-state index contributed by atoms with van der Waals surface area (Å²) < 4.78 is 0. The molecule has 1 atom stereocenters. The number of hydrogen-bond donors (Lipinski definition) is 1. The molecule has 0 heterocycles. The average Bonchev–Trinajstić information content (AvgIpc) is 2.37. The van der Waals surface area contributed by atoms with Gasteiger partial charge < -0.3 is 5.11 Å². The van der Waals surface area contributed by atoms with Crippen molar-refractivity contribution in [1.29, 1.82) is 0 Å². The maximum absolute atomic E-state index is 11.1. The Morgan fingerprint density at radius 1 is 1.47 bits per heavy atom. The Balaban J connectivity index is 2.84. The first kappa shape index (κ1) is 15.2. The van der Waals surface area contributed by atoms with Gasteiger partial charge in [0.1, 0.15) is 5.75 Å². The van der Waals surface area contributed by atoms with Gasteiger partial charge in [-0.15, -0.1) is 0 Å². The third kappa shape index (κ3) is 4.73. The smallest absolute Gasteiger partial charge is 0.237 e. The summed E-state index contributed by atoms with van der Waals surface area (Å²) >= 11 is 0. The second-order valence-corrected chi connectivity index (χ2v) is 4.56. The van der Waals surface area contributed by atoms with E-state index in [0.29, 0.717) is 11.1 Å². The number of rotatable bonds is 7. The van der Waals surface area contributed by atoms with Crippen molar-refractivity contribution in [2.24, 2.45) is 0 Å². The minimum Gasteiger partial charge on any atom is -0.507 e. The molecule has 0 amide bonds. The Morgan fingerprint density at radius 3 is 2.74 bits per heavy atom. The molecule has 0 aliphatic rings. The molecule has 0 fully saturated rings. The normalized spacial score (nSPS) is 13.3. The molecule has 4 heteroatoms. The molecule has 4 nitrogen and oxygen atoms in total. The molecule has 103 valence electrons. The van der Waals surface area contributed by atoms with E-state index in [9.17, 15) is 15.2 Å². The highest BCUT2D eigenvalue weighted by atomic mass is 16.6. The topological polar surface area (TPSA) is 63.4 Å². The SMILES string of the molecule is CCCC[CH]C(C(C)=Cc1ccccc1O)[N+](=O)[O-]. The molecule has 0 aliphatic carbocycles. The highest BCUT2D eigenvalue weighted by Crippen LogP contribution is 2.22. The van der Waals surface area contributed by atoms with Crippen molar-refractivity contribution in [3.05, 3.63) is 51.9 Å². The van der Waals surface area contributed by atoms with Crippen molar-refractivity contribution in [1.82, 2.24) is 0 Å². The highest BCUT2D eigenvalue weighted by molar-refractivity contribution is 5.59. The van der Waals surface area contributed by atoms with Crippen LogP contribution in [-0.4, -0.2) is 16.1 Å². The van der Waals surface area contributed by atoms with Crippen molar-refractivity contribution < 1.29 is 10.0 Å². The van der Waals surface area contributed by atoms with Crippen molar-refractivity contribution in [2.75, 3.05) is 0 Å². The number of aromatic hydroxyl groups is 1. The largest absolute Gasteiger partial charge is 0.507 e. The van der Waals surface area contributed by atoms with E-state index >= 15 is 0 Å². The van der Waals surface area contributed by atoms with Crippen LogP contribution in [0.15, 0.2) is 29.8 Å². The third-order valence-electron chi connectivity index (χ3n) is 2.96. The summed E-state index contributed by atoms with van der Waals surface area (Å²) in [5, 5.41) is 20.8. The fourth-order valence-electron chi connectivity index (χ4n) is 1.86. The fraction of sp³-hybridized carbons (Fsp3) is 0.400. The van der Waals surface area contributed by atoms with Gasteiger partial charge in [-0.2, -0.15) is 0 Å². The van der Waals surface area contributed by atoms with E-state index in [1.165, 1.54) is 0 Å². The van der Waals surface area contributed by atoms with Crippen LogP contribution in [0, 0.1) is 16.5 Å². The van der Waals surface area contributed by atoms with Gasteiger partial charge in [0.25, 0.3) is 0 Å². The first-order valence-electron chi connectivity index (χ1n) is 6.49. The van der Waals surface area contributed by atoms with Crippen LogP contribution in [0.3, 0.4) is 0 Å². The molecule has 0 aromatic heterocycles. The van der Waals surface area contributed by atoms with Crippen LogP contribution in [0.25, 0.3) is 6.08 Å². The molecular formula is C15H20NO3. The summed E-state index contributed by atoms with van der Waals surface area (Å²) in [6, 6.07) is 6.04. The van der Waals surface area contributed by atoms with Crippen LogP contribution < -0.4 is 0 Å². The molecule has 0 aliphatic heterocycles. The maximum atomic E-state index is 11.1. The summed E-state index contributed by atoms with van der Waals surface area (Å²) in [6.07, 6.45) is 6.10. The van der Waals surface area contributed by atoms with Gasteiger partial charge in [0, 0.05) is 22.5 Å². The fourth-order valence-corrected chi connectivity index (χ4v) is 1.86. The lowest BCUT2D eigenvalue weighted by Crippen LogP contribution is -2.21. The predicted octanol–water partition coefficient (Wildman–Crippen LogP) is 3.84. The zero-order chi connectivity index (χ0) is 14.3. The Labute approximate surface area is 113 Å². The molecule has 1 unspecified atom stereocenters. The second-order valence-electron chi connectivity index (χ2n) is 4.56. The van der Waals surface area contributed by atoms with Gasteiger partial charge in [-0.1, -0.05) is 38.0 Å². The van der Waals surface area contributed by atoms with E-state index in [4.69, 9.17) is 0 Å². The van der Waals surface area contributed by atoms with Gasteiger partial charge in [0.2, 0.25) is 6.04 Å². The molecule has 1 N–H and O–H groups in total. The first-order chi connectivity index (χ1) is 9.06. The van der Waals surface area contributed by atoms with Gasteiger partial charge >= 0.3 is 0 Å². The van der Waals surface area contributed by atoms with Gasteiger partial charge in [-0.3, -0.25) is 10.1 Å². The van der Waals surface area contributed by atoms with Crippen molar-refractivity contribution >= 4 is 6.08 Å². The summed E-state index contributed by atoms with van der Waals surface area (Å²) in [7, 11) is 0. The molecule has 0 spiro atoms. The summed E-state index contributed by atoms with van der Waals surface area (Å²) in [6.45, 7) is 3.78. The third-order valence-corrected chi connectivity index (χ3v) is 2.96. The number of nitro groups is 1.